The number of carbonyl (C=O) groups excluding carboxylic acids is 2. The maximum Gasteiger partial charge on any atom is 0.352 e. The van der Waals surface area contributed by atoms with Crippen LogP contribution in [0.3, 0.4) is 0 Å². The standard InChI is InChI=1S/C13H13N5O5S2/c1-23-17-10(5-4-24-13(14)15-5)11(20)16-7-2-6(12(21)22)18-8(19)3-9(18)25-7/h2,4,7,9H,3H2,1H3,(H2,14,15)(H,16,20)(H,21,22)/b17-10+. The molecule has 0 aliphatic carbocycles. The Labute approximate surface area is 149 Å². The van der Waals surface area contributed by atoms with Gasteiger partial charge in [-0.1, -0.05) is 5.16 Å². The van der Waals surface area contributed by atoms with Crippen molar-refractivity contribution in [1.82, 2.24) is 15.2 Å². The summed E-state index contributed by atoms with van der Waals surface area (Å²) in [5.41, 5.74) is 5.60. The van der Waals surface area contributed by atoms with E-state index in [1.807, 2.05) is 0 Å². The minimum Gasteiger partial charge on any atom is -0.477 e. The maximum atomic E-state index is 12.5. The Morgan fingerprint density at radius 1 is 1.56 bits per heavy atom. The highest BCUT2D eigenvalue weighted by atomic mass is 32.2. The zero-order valence-electron chi connectivity index (χ0n) is 12.8. The second kappa shape index (κ2) is 6.72. The topological polar surface area (TPSA) is 147 Å². The zero-order chi connectivity index (χ0) is 18.1. The molecule has 0 saturated carbocycles. The molecule has 12 heteroatoms. The molecule has 3 heterocycles. The fourth-order valence-electron chi connectivity index (χ4n) is 2.36. The number of nitrogen functional groups attached to an aromatic ring is 1. The number of carboxylic acids is 1. The van der Waals surface area contributed by atoms with Crippen LogP contribution in [0.15, 0.2) is 22.3 Å². The molecule has 4 N–H and O–H groups in total. The number of fused-ring (bicyclic) bond motifs is 1. The van der Waals surface area contributed by atoms with Crippen molar-refractivity contribution >= 4 is 51.7 Å². The predicted octanol–water partition coefficient (Wildman–Crippen LogP) is -0.208. The van der Waals surface area contributed by atoms with Gasteiger partial charge in [-0.3, -0.25) is 14.5 Å². The molecule has 3 rings (SSSR count). The van der Waals surface area contributed by atoms with E-state index >= 15 is 0 Å². The lowest BCUT2D eigenvalue weighted by Crippen LogP contribution is -2.56. The van der Waals surface area contributed by atoms with Crippen LogP contribution in [0.2, 0.25) is 0 Å². The number of β-lactam (4-membered cyclic amide) rings is 1. The Bertz CT molecular complexity index is 804. The number of hydrogen-bond donors (Lipinski definition) is 3. The van der Waals surface area contributed by atoms with Gasteiger partial charge < -0.3 is 21.0 Å². The van der Waals surface area contributed by atoms with E-state index in [9.17, 15) is 19.5 Å². The molecule has 2 amide bonds. The Hall–Kier alpha value is -2.60. The van der Waals surface area contributed by atoms with Crippen LogP contribution in [0, 0.1) is 0 Å². The summed E-state index contributed by atoms with van der Waals surface area (Å²) in [5, 5.41) is 16.5. The van der Waals surface area contributed by atoms with Crippen LogP contribution in [0.25, 0.3) is 0 Å². The average Bonchev–Trinajstić information content (AvgIpc) is 2.96. The first kappa shape index (κ1) is 17.2. The Morgan fingerprint density at radius 3 is 2.88 bits per heavy atom. The van der Waals surface area contributed by atoms with Crippen molar-refractivity contribution in [2.75, 3.05) is 12.8 Å². The van der Waals surface area contributed by atoms with Crippen LogP contribution >= 0.6 is 23.1 Å². The van der Waals surface area contributed by atoms with Gasteiger partial charge in [0.15, 0.2) is 10.8 Å². The molecule has 10 nitrogen and oxygen atoms in total. The Morgan fingerprint density at radius 2 is 2.32 bits per heavy atom. The maximum absolute atomic E-state index is 12.5. The third-order valence-corrected chi connectivity index (χ3v) is 5.35. The molecule has 0 radical (unpaired) electrons. The third kappa shape index (κ3) is 3.30. The van der Waals surface area contributed by atoms with Crippen LogP contribution in [0.1, 0.15) is 12.1 Å². The number of nitrogens with one attached hydrogen (secondary N) is 1. The summed E-state index contributed by atoms with van der Waals surface area (Å²) < 4.78 is 0. The number of nitrogens with two attached hydrogens (primary N) is 1. The molecule has 132 valence electrons. The van der Waals surface area contributed by atoms with Crippen LogP contribution in [0.4, 0.5) is 5.13 Å². The van der Waals surface area contributed by atoms with E-state index in [-0.39, 0.29) is 39.9 Å². The molecule has 2 unspecified atom stereocenters. The summed E-state index contributed by atoms with van der Waals surface area (Å²) in [6.45, 7) is 0. The molecule has 2 aliphatic rings. The van der Waals surface area contributed by atoms with Crippen molar-refractivity contribution in [2.45, 2.75) is 17.2 Å². The normalized spacial score (nSPS) is 22.6. The number of aliphatic carboxylic acids is 1. The van der Waals surface area contributed by atoms with Gasteiger partial charge in [0.1, 0.15) is 18.5 Å². The van der Waals surface area contributed by atoms with Crippen LogP contribution in [-0.2, 0) is 19.2 Å². The molecule has 1 aromatic rings. The molecule has 1 saturated heterocycles. The largest absolute Gasteiger partial charge is 0.477 e. The number of aromatic nitrogens is 1. The summed E-state index contributed by atoms with van der Waals surface area (Å²) in [6, 6.07) is 0. The minimum absolute atomic E-state index is 0.0755. The Balaban J connectivity index is 1.80. The third-order valence-electron chi connectivity index (χ3n) is 3.43. The van der Waals surface area contributed by atoms with Gasteiger partial charge in [-0.15, -0.1) is 23.1 Å². The number of thiazole rings is 1. The number of anilines is 1. The lowest BCUT2D eigenvalue weighted by molar-refractivity contribution is -0.146. The number of carboxylic acid groups (broad SMARTS) is 1. The summed E-state index contributed by atoms with van der Waals surface area (Å²) >= 11 is 2.41. The number of amides is 2. The van der Waals surface area contributed by atoms with Gasteiger partial charge in [-0.25, -0.2) is 9.78 Å². The molecular weight excluding hydrogens is 370 g/mol. The van der Waals surface area contributed by atoms with Crippen molar-refractivity contribution in [1.29, 1.82) is 0 Å². The van der Waals surface area contributed by atoms with E-state index in [1.54, 1.807) is 5.38 Å². The van der Waals surface area contributed by atoms with Crippen molar-refractivity contribution in [2.24, 2.45) is 5.16 Å². The van der Waals surface area contributed by atoms with Gasteiger partial charge in [0.05, 0.1) is 17.2 Å². The highest BCUT2D eigenvalue weighted by Crippen LogP contribution is 2.39. The molecule has 25 heavy (non-hydrogen) atoms. The number of oxime groups is 1. The van der Waals surface area contributed by atoms with E-state index in [4.69, 9.17) is 5.73 Å². The second-order valence-electron chi connectivity index (χ2n) is 5.00. The fourth-order valence-corrected chi connectivity index (χ4v) is 4.22. The molecule has 0 bridgehead atoms. The minimum atomic E-state index is -1.23. The van der Waals surface area contributed by atoms with Gasteiger partial charge in [-0.2, -0.15) is 0 Å². The number of nitrogens with zero attached hydrogens (tertiary/aromatic N) is 3. The van der Waals surface area contributed by atoms with Crippen LogP contribution < -0.4 is 11.1 Å². The van der Waals surface area contributed by atoms with E-state index in [1.165, 1.54) is 29.8 Å². The monoisotopic (exact) mass is 383 g/mol. The molecule has 1 fully saturated rings. The van der Waals surface area contributed by atoms with E-state index in [2.05, 4.69) is 20.3 Å². The molecule has 2 atom stereocenters. The highest BCUT2D eigenvalue weighted by Gasteiger charge is 2.45. The van der Waals surface area contributed by atoms with Crippen LogP contribution in [0.5, 0.6) is 0 Å². The number of thioether (sulfide) groups is 1. The summed E-state index contributed by atoms with van der Waals surface area (Å²) in [5.74, 6) is -2.07. The smallest absolute Gasteiger partial charge is 0.352 e. The SMILES string of the molecule is CO/N=C(/C(=O)NC1C=C(C(=O)O)N2C(=O)CC2S1)c1csc(N)n1. The predicted molar refractivity (Wildman–Crippen MR) is 90.6 cm³/mol. The fraction of sp³-hybridized carbons (Fsp3) is 0.308. The lowest BCUT2D eigenvalue weighted by Gasteiger charge is -2.44. The van der Waals surface area contributed by atoms with Gasteiger partial charge >= 0.3 is 5.97 Å². The van der Waals surface area contributed by atoms with Gasteiger partial charge in [-0.05, 0) is 6.08 Å². The van der Waals surface area contributed by atoms with Gasteiger partial charge in [0, 0.05) is 5.38 Å². The Kier molecular flexibility index (Phi) is 4.63. The van der Waals surface area contributed by atoms with E-state index in [0.717, 1.165) is 11.3 Å². The lowest BCUT2D eigenvalue weighted by atomic mass is 10.1. The van der Waals surface area contributed by atoms with E-state index < -0.39 is 17.3 Å². The van der Waals surface area contributed by atoms with Crippen molar-refractivity contribution in [3.63, 3.8) is 0 Å². The first-order valence-electron chi connectivity index (χ1n) is 6.96. The summed E-state index contributed by atoms with van der Waals surface area (Å²) in [6.07, 6.45) is 1.54. The first-order chi connectivity index (χ1) is 11.9. The van der Waals surface area contributed by atoms with E-state index in [0.29, 0.717) is 0 Å². The van der Waals surface area contributed by atoms with Crippen LogP contribution in [-0.4, -0.2) is 56.3 Å². The molecule has 2 aliphatic heterocycles. The summed E-state index contributed by atoms with van der Waals surface area (Å²) in [7, 11) is 1.29. The zero-order valence-corrected chi connectivity index (χ0v) is 14.5. The second-order valence-corrected chi connectivity index (χ2v) is 7.22. The van der Waals surface area contributed by atoms with Crippen molar-refractivity contribution < 1.29 is 24.3 Å². The van der Waals surface area contributed by atoms with Crippen molar-refractivity contribution in [3.8, 4) is 0 Å². The van der Waals surface area contributed by atoms with Crippen molar-refractivity contribution in [3.05, 3.63) is 22.8 Å². The molecule has 0 aromatic carbocycles. The quantitative estimate of drug-likeness (QED) is 0.359. The molecule has 0 spiro atoms. The highest BCUT2D eigenvalue weighted by molar-refractivity contribution is 8.00. The molecule has 1 aromatic heterocycles. The average molecular weight is 383 g/mol. The van der Waals surface area contributed by atoms with Gasteiger partial charge in [0.2, 0.25) is 5.91 Å². The first-order valence-corrected chi connectivity index (χ1v) is 8.79. The summed E-state index contributed by atoms with van der Waals surface area (Å²) in [4.78, 5) is 45.3. The number of rotatable bonds is 5. The van der Waals surface area contributed by atoms with Gasteiger partial charge in [0.25, 0.3) is 5.91 Å². The number of hydrogen-bond acceptors (Lipinski definition) is 9. The molecular formula is C13H13N5O5S2. The number of carbonyl (C=O) groups is 3.